The predicted octanol–water partition coefficient (Wildman–Crippen LogP) is 3.52. The first-order valence-electron chi connectivity index (χ1n) is 8.32. The molecule has 2 aliphatic rings. The lowest BCUT2D eigenvalue weighted by Crippen LogP contribution is -2.48. The van der Waals surface area contributed by atoms with Crippen LogP contribution in [-0.2, 0) is 0 Å². The average Bonchev–Trinajstić information content (AvgIpc) is 2.36. The molecule has 0 aromatic carbocycles. The quantitative estimate of drug-likeness (QED) is 0.837. The molecule has 0 aromatic rings. The number of hydrogen-bond donors (Lipinski definition) is 1. The molecule has 1 aliphatic carbocycles. The van der Waals surface area contributed by atoms with Crippen LogP contribution in [0.2, 0.25) is 0 Å². The molecular formula is C17H34N2. The first-order chi connectivity index (χ1) is 8.95. The van der Waals surface area contributed by atoms with Gasteiger partial charge < -0.3 is 10.2 Å². The highest BCUT2D eigenvalue weighted by atomic mass is 15.1. The molecule has 1 aliphatic heterocycles. The van der Waals surface area contributed by atoms with E-state index in [0.29, 0.717) is 10.8 Å². The molecule has 19 heavy (non-hydrogen) atoms. The Labute approximate surface area is 120 Å². The van der Waals surface area contributed by atoms with Crippen molar-refractivity contribution >= 4 is 0 Å². The van der Waals surface area contributed by atoms with Crippen molar-refractivity contribution in [1.82, 2.24) is 10.2 Å². The van der Waals surface area contributed by atoms with Crippen LogP contribution in [0.4, 0.5) is 0 Å². The molecular weight excluding hydrogens is 232 g/mol. The van der Waals surface area contributed by atoms with E-state index in [1.165, 1.54) is 64.7 Å². The fraction of sp³-hybridized carbons (Fsp3) is 1.00. The summed E-state index contributed by atoms with van der Waals surface area (Å²) >= 11 is 0. The Morgan fingerprint density at radius 3 is 2.16 bits per heavy atom. The maximum Gasteiger partial charge on any atom is 0.00501 e. The van der Waals surface area contributed by atoms with Crippen molar-refractivity contribution in [3.8, 4) is 0 Å². The van der Waals surface area contributed by atoms with Crippen molar-refractivity contribution in [3.05, 3.63) is 0 Å². The van der Waals surface area contributed by atoms with Gasteiger partial charge in [-0.1, -0.05) is 33.6 Å². The summed E-state index contributed by atoms with van der Waals surface area (Å²) < 4.78 is 0. The largest absolute Gasteiger partial charge is 0.319 e. The summed E-state index contributed by atoms with van der Waals surface area (Å²) in [5.41, 5.74) is 1.14. The lowest BCUT2D eigenvalue weighted by Gasteiger charge is -2.45. The van der Waals surface area contributed by atoms with Gasteiger partial charge >= 0.3 is 0 Å². The molecule has 0 spiro atoms. The van der Waals surface area contributed by atoms with Gasteiger partial charge in [0, 0.05) is 13.1 Å². The topological polar surface area (TPSA) is 15.3 Å². The molecule has 0 bridgehead atoms. The lowest BCUT2D eigenvalue weighted by atomic mass is 9.70. The number of hydrogen-bond acceptors (Lipinski definition) is 2. The van der Waals surface area contributed by atoms with Crippen LogP contribution >= 0.6 is 0 Å². The average molecular weight is 266 g/mol. The maximum atomic E-state index is 3.47. The van der Waals surface area contributed by atoms with E-state index in [4.69, 9.17) is 0 Å². The third-order valence-electron chi connectivity index (χ3n) is 5.66. The summed E-state index contributed by atoms with van der Waals surface area (Å²) in [7, 11) is 2.12. The molecule has 112 valence electrons. The first-order valence-corrected chi connectivity index (χ1v) is 8.32. The molecule has 0 aromatic heterocycles. The molecule has 1 heterocycles. The van der Waals surface area contributed by atoms with E-state index in [1.54, 1.807) is 0 Å². The summed E-state index contributed by atoms with van der Waals surface area (Å²) in [5.74, 6) is 0.949. The Balaban J connectivity index is 1.90. The van der Waals surface area contributed by atoms with E-state index in [-0.39, 0.29) is 0 Å². The van der Waals surface area contributed by atoms with Gasteiger partial charge in [0.2, 0.25) is 0 Å². The molecule has 2 fully saturated rings. The van der Waals surface area contributed by atoms with E-state index < -0.39 is 0 Å². The Morgan fingerprint density at radius 1 is 1.05 bits per heavy atom. The number of nitrogens with zero attached hydrogens (tertiary/aromatic N) is 1. The Morgan fingerprint density at radius 2 is 1.63 bits per heavy atom. The minimum Gasteiger partial charge on any atom is -0.319 e. The fourth-order valence-electron chi connectivity index (χ4n) is 3.93. The summed E-state index contributed by atoms with van der Waals surface area (Å²) in [6, 6.07) is 0. The minimum absolute atomic E-state index is 0.558. The van der Waals surface area contributed by atoms with Crippen molar-refractivity contribution in [2.45, 2.75) is 59.3 Å². The van der Waals surface area contributed by atoms with Crippen molar-refractivity contribution in [2.24, 2.45) is 16.7 Å². The number of likely N-dealkylation sites (tertiary alicyclic amines) is 1. The standard InChI is InChI=1S/C17H34N2/c1-15-5-7-17(8-6-15,13-18-4)14-19-11-9-16(2,3)10-12-19/h15,18H,5-14H2,1-4H3. The molecule has 0 atom stereocenters. The molecule has 0 unspecified atom stereocenters. The highest BCUT2D eigenvalue weighted by Crippen LogP contribution is 2.40. The van der Waals surface area contributed by atoms with E-state index in [2.05, 4.69) is 38.0 Å². The summed E-state index contributed by atoms with van der Waals surface area (Å²) in [6.45, 7) is 12.4. The Bertz CT molecular complexity index is 267. The second-order valence-electron chi connectivity index (χ2n) is 8.15. The number of piperidine rings is 1. The van der Waals surface area contributed by atoms with Gasteiger partial charge in [0.25, 0.3) is 0 Å². The van der Waals surface area contributed by atoms with Crippen LogP contribution in [0, 0.1) is 16.7 Å². The second kappa shape index (κ2) is 6.13. The Kier molecular flexibility index (Phi) is 4.94. The molecule has 1 N–H and O–H groups in total. The van der Waals surface area contributed by atoms with Crippen LogP contribution < -0.4 is 5.32 Å². The van der Waals surface area contributed by atoms with Crippen molar-refractivity contribution in [1.29, 1.82) is 0 Å². The van der Waals surface area contributed by atoms with Gasteiger partial charge in [0.1, 0.15) is 0 Å². The van der Waals surface area contributed by atoms with Gasteiger partial charge in [0.15, 0.2) is 0 Å². The van der Waals surface area contributed by atoms with Crippen molar-refractivity contribution < 1.29 is 0 Å². The van der Waals surface area contributed by atoms with E-state index >= 15 is 0 Å². The van der Waals surface area contributed by atoms with Gasteiger partial charge in [-0.25, -0.2) is 0 Å². The van der Waals surface area contributed by atoms with Gasteiger partial charge in [-0.05, 0) is 62.6 Å². The van der Waals surface area contributed by atoms with E-state index in [1.807, 2.05) is 0 Å². The molecule has 0 radical (unpaired) electrons. The van der Waals surface area contributed by atoms with Crippen LogP contribution in [-0.4, -0.2) is 38.1 Å². The van der Waals surface area contributed by atoms with Gasteiger partial charge in [-0.3, -0.25) is 0 Å². The number of rotatable bonds is 4. The van der Waals surface area contributed by atoms with Crippen LogP contribution in [0.1, 0.15) is 59.3 Å². The van der Waals surface area contributed by atoms with Crippen molar-refractivity contribution in [2.75, 3.05) is 33.2 Å². The van der Waals surface area contributed by atoms with Crippen LogP contribution in [0.15, 0.2) is 0 Å². The first kappa shape index (κ1) is 15.3. The Hall–Kier alpha value is -0.0800. The summed E-state index contributed by atoms with van der Waals surface area (Å²) in [5, 5.41) is 3.47. The normalized spacial score (nSPS) is 36.3. The zero-order valence-electron chi connectivity index (χ0n) is 13.6. The fourth-order valence-corrected chi connectivity index (χ4v) is 3.93. The van der Waals surface area contributed by atoms with Crippen LogP contribution in [0.5, 0.6) is 0 Å². The highest BCUT2D eigenvalue weighted by Gasteiger charge is 2.36. The minimum atomic E-state index is 0.558. The molecule has 0 amide bonds. The molecule has 2 nitrogen and oxygen atoms in total. The smallest absolute Gasteiger partial charge is 0.00501 e. The van der Waals surface area contributed by atoms with E-state index in [0.717, 1.165) is 5.92 Å². The van der Waals surface area contributed by atoms with Gasteiger partial charge in [-0.15, -0.1) is 0 Å². The van der Waals surface area contributed by atoms with Gasteiger partial charge in [-0.2, -0.15) is 0 Å². The van der Waals surface area contributed by atoms with Crippen LogP contribution in [0.25, 0.3) is 0 Å². The molecule has 2 rings (SSSR count). The van der Waals surface area contributed by atoms with E-state index in [9.17, 15) is 0 Å². The van der Waals surface area contributed by atoms with Crippen LogP contribution in [0.3, 0.4) is 0 Å². The zero-order chi connectivity index (χ0) is 13.9. The second-order valence-corrected chi connectivity index (χ2v) is 8.15. The third-order valence-corrected chi connectivity index (χ3v) is 5.66. The third kappa shape index (κ3) is 4.19. The zero-order valence-corrected chi connectivity index (χ0v) is 13.6. The van der Waals surface area contributed by atoms with Gasteiger partial charge in [0.05, 0.1) is 0 Å². The monoisotopic (exact) mass is 266 g/mol. The SMILES string of the molecule is CNCC1(CN2CCC(C)(C)CC2)CCC(C)CC1. The molecule has 1 saturated carbocycles. The van der Waals surface area contributed by atoms with Crippen molar-refractivity contribution in [3.63, 3.8) is 0 Å². The molecule has 2 heteroatoms. The predicted molar refractivity (Wildman–Crippen MR) is 83.4 cm³/mol. The lowest BCUT2D eigenvalue weighted by molar-refractivity contribution is 0.0521. The summed E-state index contributed by atoms with van der Waals surface area (Å²) in [4.78, 5) is 2.75. The summed E-state index contributed by atoms with van der Waals surface area (Å²) in [6.07, 6.45) is 8.46. The highest BCUT2D eigenvalue weighted by molar-refractivity contribution is 4.90. The number of nitrogens with one attached hydrogen (secondary N) is 1. The molecule has 1 saturated heterocycles. The maximum absolute atomic E-state index is 3.47.